The first-order chi connectivity index (χ1) is 16.3. The number of amides is 1. The molecule has 1 amide bonds. The first-order valence-corrected chi connectivity index (χ1v) is 11.5. The topological polar surface area (TPSA) is 91.6 Å². The minimum atomic E-state index is -0.550. The molecule has 0 fully saturated rings. The second-order valence-electron chi connectivity index (χ2n) is 7.90. The van der Waals surface area contributed by atoms with Crippen LogP contribution in [-0.2, 0) is 17.9 Å². The summed E-state index contributed by atoms with van der Waals surface area (Å²) in [6.45, 7) is 3.78. The van der Waals surface area contributed by atoms with Crippen LogP contribution in [-0.4, -0.2) is 29.3 Å². The molecule has 0 aliphatic rings. The van der Waals surface area contributed by atoms with Gasteiger partial charge in [-0.05, 0) is 60.2 Å². The Morgan fingerprint density at radius 2 is 1.76 bits per heavy atom. The molecule has 9 heteroatoms. The molecule has 0 atom stereocenters. The van der Waals surface area contributed by atoms with Crippen molar-refractivity contribution in [2.75, 3.05) is 14.2 Å². The van der Waals surface area contributed by atoms with Crippen molar-refractivity contribution in [3.05, 3.63) is 85.4 Å². The minimum absolute atomic E-state index is 0.218. The van der Waals surface area contributed by atoms with Crippen LogP contribution in [0.2, 0.25) is 0 Å². The van der Waals surface area contributed by atoms with Crippen LogP contribution in [0, 0.1) is 13.8 Å². The summed E-state index contributed by atoms with van der Waals surface area (Å²) in [6, 6.07) is 12.7. The van der Waals surface area contributed by atoms with Crippen molar-refractivity contribution < 1.29 is 14.3 Å². The number of ether oxygens (including phenoxy) is 2. The van der Waals surface area contributed by atoms with Gasteiger partial charge in [0.25, 0.3) is 5.56 Å². The van der Waals surface area contributed by atoms with Crippen LogP contribution in [0.1, 0.15) is 16.7 Å². The van der Waals surface area contributed by atoms with Crippen LogP contribution < -0.4 is 26.0 Å². The maximum Gasteiger partial charge on any atom is 0.336 e. The minimum Gasteiger partial charge on any atom is -0.493 e. The van der Waals surface area contributed by atoms with Crippen LogP contribution in [0.15, 0.2) is 57.4 Å². The van der Waals surface area contributed by atoms with Crippen LogP contribution in [0.3, 0.4) is 0 Å². The van der Waals surface area contributed by atoms with Gasteiger partial charge in [0.15, 0.2) is 11.5 Å². The third-order valence-electron chi connectivity index (χ3n) is 5.60. The van der Waals surface area contributed by atoms with E-state index >= 15 is 0 Å². The molecule has 0 bridgehead atoms. The molecule has 176 valence electrons. The molecule has 34 heavy (non-hydrogen) atoms. The highest BCUT2D eigenvalue weighted by Gasteiger charge is 2.18. The predicted molar refractivity (Wildman–Crippen MR) is 133 cm³/mol. The van der Waals surface area contributed by atoms with Crippen LogP contribution in [0.5, 0.6) is 11.5 Å². The normalized spacial score (nSPS) is 10.9. The molecule has 0 unspecified atom stereocenters. The molecule has 0 aliphatic heterocycles. The molecular formula is C25H25N3O5S. The van der Waals surface area contributed by atoms with Crippen LogP contribution in [0.4, 0.5) is 0 Å². The zero-order valence-corrected chi connectivity index (χ0v) is 20.2. The van der Waals surface area contributed by atoms with E-state index in [9.17, 15) is 14.4 Å². The number of fused-ring (bicyclic) bond motifs is 1. The van der Waals surface area contributed by atoms with E-state index < -0.39 is 5.69 Å². The van der Waals surface area contributed by atoms with E-state index in [1.54, 1.807) is 43.9 Å². The lowest BCUT2D eigenvalue weighted by atomic mass is 10.1. The number of hydrogen-bond donors (Lipinski definition) is 1. The van der Waals surface area contributed by atoms with Gasteiger partial charge >= 0.3 is 5.69 Å². The van der Waals surface area contributed by atoms with Gasteiger partial charge in [0.05, 0.1) is 25.4 Å². The molecule has 8 nitrogen and oxygen atoms in total. The van der Waals surface area contributed by atoms with Crippen molar-refractivity contribution in [1.82, 2.24) is 14.5 Å². The van der Waals surface area contributed by atoms with Gasteiger partial charge < -0.3 is 14.8 Å². The fourth-order valence-corrected chi connectivity index (χ4v) is 4.63. The lowest BCUT2D eigenvalue weighted by Crippen LogP contribution is -2.41. The summed E-state index contributed by atoms with van der Waals surface area (Å²) < 4.78 is 13.5. The molecule has 4 rings (SSSR count). The van der Waals surface area contributed by atoms with Gasteiger partial charge in [-0.15, -0.1) is 11.3 Å². The quantitative estimate of drug-likeness (QED) is 0.440. The fraction of sp³-hybridized carbons (Fsp3) is 0.240. The van der Waals surface area contributed by atoms with Crippen molar-refractivity contribution in [1.29, 1.82) is 0 Å². The van der Waals surface area contributed by atoms with E-state index in [-0.39, 0.29) is 24.6 Å². The number of carbonyl (C=O) groups is 1. The van der Waals surface area contributed by atoms with Crippen molar-refractivity contribution in [2.24, 2.45) is 0 Å². The summed E-state index contributed by atoms with van der Waals surface area (Å²) in [5.41, 5.74) is 2.58. The van der Waals surface area contributed by atoms with Gasteiger partial charge in [-0.1, -0.05) is 18.2 Å². The number of aromatic nitrogens is 2. The molecule has 0 saturated carbocycles. The standard InChI is InChI=1S/C25H25N3O5S/c1-15-5-6-16(2)19(11-15)28-24(30)23-18(9-10-34-23)27(25(28)31)14-22(29)26-13-17-7-8-20(32-3)21(12-17)33-4/h5-12H,13-14H2,1-4H3,(H,26,29). The third kappa shape index (κ3) is 4.34. The largest absolute Gasteiger partial charge is 0.493 e. The highest BCUT2D eigenvalue weighted by molar-refractivity contribution is 7.17. The lowest BCUT2D eigenvalue weighted by molar-refractivity contribution is -0.121. The molecule has 0 spiro atoms. The Balaban J connectivity index is 1.67. The van der Waals surface area contributed by atoms with Gasteiger partial charge in [-0.3, -0.25) is 14.2 Å². The van der Waals surface area contributed by atoms with Crippen molar-refractivity contribution in [3.63, 3.8) is 0 Å². The third-order valence-corrected chi connectivity index (χ3v) is 6.49. The average molecular weight is 480 g/mol. The summed E-state index contributed by atoms with van der Waals surface area (Å²) in [6.07, 6.45) is 0. The smallest absolute Gasteiger partial charge is 0.336 e. The second-order valence-corrected chi connectivity index (χ2v) is 8.82. The Bertz CT molecular complexity index is 1500. The number of aryl methyl sites for hydroxylation is 2. The molecular weight excluding hydrogens is 454 g/mol. The number of methoxy groups -OCH3 is 2. The predicted octanol–water partition coefficient (Wildman–Crippen LogP) is 3.16. The number of benzene rings is 2. The molecule has 2 heterocycles. The van der Waals surface area contributed by atoms with Crippen LogP contribution in [0.25, 0.3) is 15.9 Å². The summed E-state index contributed by atoms with van der Waals surface area (Å²) in [5, 5.41) is 4.58. The van der Waals surface area contributed by atoms with Gasteiger partial charge in [-0.2, -0.15) is 0 Å². The van der Waals surface area contributed by atoms with E-state index in [2.05, 4.69) is 5.32 Å². The van der Waals surface area contributed by atoms with E-state index in [1.807, 2.05) is 32.0 Å². The highest BCUT2D eigenvalue weighted by atomic mass is 32.1. The Morgan fingerprint density at radius 3 is 2.50 bits per heavy atom. The van der Waals surface area contributed by atoms with Gasteiger partial charge in [-0.25, -0.2) is 9.36 Å². The van der Waals surface area contributed by atoms with Gasteiger partial charge in [0.2, 0.25) is 5.91 Å². The van der Waals surface area contributed by atoms with Crippen molar-refractivity contribution >= 4 is 27.5 Å². The van der Waals surface area contributed by atoms with E-state index in [1.165, 1.54) is 15.9 Å². The second kappa shape index (κ2) is 9.56. The monoisotopic (exact) mass is 479 g/mol. The van der Waals surface area contributed by atoms with Crippen molar-refractivity contribution in [2.45, 2.75) is 26.9 Å². The summed E-state index contributed by atoms with van der Waals surface area (Å²) >= 11 is 1.25. The number of hydrogen-bond acceptors (Lipinski definition) is 6. The SMILES string of the molecule is COc1ccc(CNC(=O)Cn2c(=O)n(-c3cc(C)ccc3C)c(=O)c3sccc32)cc1OC. The number of thiophene rings is 1. The summed E-state index contributed by atoms with van der Waals surface area (Å²) in [7, 11) is 3.10. The number of rotatable bonds is 7. The molecule has 0 aliphatic carbocycles. The summed E-state index contributed by atoms with van der Waals surface area (Å²) in [5.74, 6) is 0.805. The molecule has 2 aromatic carbocycles. The maximum absolute atomic E-state index is 13.4. The van der Waals surface area contributed by atoms with Crippen LogP contribution >= 0.6 is 11.3 Å². The Hall–Kier alpha value is -3.85. The zero-order chi connectivity index (χ0) is 24.4. The number of nitrogens with zero attached hydrogens (tertiary/aromatic N) is 2. The van der Waals surface area contributed by atoms with Gasteiger partial charge in [0.1, 0.15) is 11.2 Å². The maximum atomic E-state index is 13.4. The Morgan fingerprint density at radius 1 is 1.00 bits per heavy atom. The number of nitrogens with one attached hydrogen (secondary N) is 1. The fourth-order valence-electron chi connectivity index (χ4n) is 3.80. The van der Waals surface area contributed by atoms with Crippen molar-refractivity contribution in [3.8, 4) is 17.2 Å². The average Bonchev–Trinajstić information content (AvgIpc) is 3.32. The van der Waals surface area contributed by atoms with E-state index in [0.717, 1.165) is 21.3 Å². The Labute approximate surface area is 200 Å². The number of carbonyl (C=O) groups excluding carboxylic acids is 1. The van der Waals surface area contributed by atoms with E-state index in [0.29, 0.717) is 27.4 Å². The lowest BCUT2D eigenvalue weighted by Gasteiger charge is -2.14. The van der Waals surface area contributed by atoms with E-state index in [4.69, 9.17) is 9.47 Å². The molecule has 0 radical (unpaired) electrons. The molecule has 1 N–H and O–H groups in total. The highest BCUT2D eigenvalue weighted by Crippen LogP contribution is 2.27. The van der Waals surface area contributed by atoms with Gasteiger partial charge in [0, 0.05) is 6.54 Å². The summed E-state index contributed by atoms with van der Waals surface area (Å²) in [4.78, 5) is 39.4. The first-order valence-electron chi connectivity index (χ1n) is 10.6. The Kier molecular flexibility index (Phi) is 6.56. The molecule has 4 aromatic rings. The zero-order valence-electron chi connectivity index (χ0n) is 19.4. The molecule has 0 saturated heterocycles. The first kappa shape index (κ1) is 23.3. The molecule has 2 aromatic heterocycles.